The van der Waals surface area contributed by atoms with Gasteiger partial charge in [-0.15, -0.1) is 0 Å². The van der Waals surface area contributed by atoms with E-state index in [1.165, 1.54) is 13.0 Å². The lowest BCUT2D eigenvalue weighted by atomic mass is 10.2. The second-order valence-corrected chi connectivity index (χ2v) is 2.87. The Morgan fingerprint density at radius 2 is 2.27 bits per heavy atom. The molecule has 0 fully saturated rings. The molecule has 15 heavy (non-hydrogen) atoms. The molecule has 5 heteroatoms. The average Bonchev–Trinajstić information content (AvgIpc) is 2.15. The second kappa shape index (κ2) is 4.53. The van der Waals surface area contributed by atoms with Gasteiger partial charge in [0.1, 0.15) is 11.9 Å². The monoisotopic (exact) mass is 209 g/mol. The molecule has 4 nitrogen and oxygen atoms in total. The van der Waals surface area contributed by atoms with E-state index < -0.39 is 16.8 Å². The van der Waals surface area contributed by atoms with Gasteiger partial charge in [-0.3, -0.25) is 10.1 Å². The molecule has 1 aromatic carbocycles. The van der Waals surface area contributed by atoms with E-state index in [9.17, 15) is 14.5 Å². The summed E-state index contributed by atoms with van der Waals surface area (Å²) in [5.74, 6) is 3.96. The summed E-state index contributed by atoms with van der Waals surface area (Å²) >= 11 is 0. The highest BCUT2D eigenvalue weighted by atomic mass is 19.1. The summed E-state index contributed by atoms with van der Waals surface area (Å²) in [7, 11) is 0. The van der Waals surface area contributed by atoms with Crippen LogP contribution in [0.3, 0.4) is 0 Å². The molecule has 78 valence electrons. The highest BCUT2D eigenvalue weighted by Gasteiger charge is 2.08. The molecule has 1 aromatic rings. The molecule has 1 rings (SSSR count). The van der Waals surface area contributed by atoms with E-state index in [1.807, 2.05) is 0 Å². The lowest BCUT2D eigenvalue weighted by molar-refractivity contribution is -0.385. The van der Waals surface area contributed by atoms with Gasteiger partial charge in [-0.05, 0) is 13.0 Å². The third-order valence-corrected chi connectivity index (χ3v) is 1.58. The van der Waals surface area contributed by atoms with Crippen LogP contribution in [0.2, 0.25) is 0 Å². The molecule has 1 unspecified atom stereocenters. The Morgan fingerprint density at radius 1 is 1.60 bits per heavy atom. The van der Waals surface area contributed by atoms with E-state index in [4.69, 9.17) is 5.11 Å². The number of benzene rings is 1. The Balaban J connectivity index is 3.05. The summed E-state index contributed by atoms with van der Waals surface area (Å²) in [6.07, 6.45) is -0.861. The van der Waals surface area contributed by atoms with Gasteiger partial charge in [0.2, 0.25) is 0 Å². The summed E-state index contributed by atoms with van der Waals surface area (Å²) < 4.78 is 13.2. The maximum Gasteiger partial charge on any atom is 0.272 e. The van der Waals surface area contributed by atoms with Crippen LogP contribution in [0.25, 0.3) is 0 Å². The first-order valence-electron chi connectivity index (χ1n) is 4.14. The van der Waals surface area contributed by atoms with Crippen molar-refractivity contribution in [1.82, 2.24) is 0 Å². The summed E-state index contributed by atoms with van der Waals surface area (Å²) in [4.78, 5) is 9.61. The van der Waals surface area contributed by atoms with Crippen LogP contribution in [0.5, 0.6) is 0 Å². The van der Waals surface area contributed by atoms with Gasteiger partial charge in [-0.25, -0.2) is 4.39 Å². The molecule has 0 aliphatic rings. The standard InChI is InChI=1S/C10H8FNO3/c1-7(13)2-3-8-4-5-9(12(14)15)6-10(8)11/h4-7,13H,1H3. The minimum atomic E-state index is -0.861. The Morgan fingerprint density at radius 3 is 2.73 bits per heavy atom. The van der Waals surface area contributed by atoms with E-state index in [0.717, 1.165) is 12.1 Å². The smallest absolute Gasteiger partial charge is 0.272 e. The molecule has 0 spiro atoms. The van der Waals surface area contributed by atoms with Crippen LogP contribution in [-0.2, 0) is 0 Å². The topological polar surface area (TPSA) is 63.4 Å². The van der Waals surface area contributed by atoms with Crippen molar-refractivity contribution in [1.29, 1.82) is 0 Å². The van der Waals surface area contributed by atoms with Gasteiger partial charge in [-0.2, -0.15) is 0 Å². The number of aliphatic hydroxyl groups excluding tert-OH is 1. The molecular formula is C10H8FNO3. The van der Waals surface area contributed by atoms with Crippen molar-refractivity contribution in [2.24, 2.45) is 0 Å². The quantitative estimate of drug-likeness (QED) is 0.432. The van der Waals surface area contributed by atoms with E-state index in [1.54, 1.807) is 0 Å². The van der Waals surface area contributed by atoms with Crippen LogP contribution in [0.15, 0.2) is 18.2 Å². The fraction of sp³-hybridized carbons (Fsp3) is 0.200. The van der Waals surface area contributed by atoms with E-state index in [2.05, 4.69) is 11.8 Å². The summed E-state index contributed by atoms with van der Waals surface area (Å²) in [6, 6.07) is 3.17. The number of hydrogen-bond acceptors (Lipinski definition) is 3. The number of non-ortho nitro benzene ring substituents is 1. The number of rotatable bonds is 1. The third kappa shape index (κ3) is 3.04. The predicted molar refractivity (Wildman–Crippen MR) is 51.6 cm³/mol. The van der Waals surface area contributed by atoms with Gasteiger partial charge in [0.05, 0.1) is 16.6 Å². The summed E-state index contributed by atoms with van der Waals surface area (Å²) in [5, 5.41) is 19.1. The minimum absolute atomic E-state index is 0.0292. The van der Waals surface area contributed by atoms with Crippen LogP contribution >= 0.6 is 0 Å². The van der Waals surface area contributed by atoms with Gasteiger partial charge < -0.3 is 5.11 Å². The number of nitro groups is 1. The van der Waals surface area contributed by atoms with E-state index in [-0.39, 0.29) is 11.3 Å². The molecule has 0 amide bonds. The zero-order valence-corrected chi connectivity index (χ0v) is 7.90. The predicted octanol–water partition coefficient (Wildman–Crippen LogP) is 1.47. The number of nitrogens with zero attached hydrogens (tertiary/aromatic N) is 1. The molecule has 0 radical (unpaired) electrons. The SMILES string of the molecule is CC(O)C#Cc1ccc([N+](=O)[O-])cc1F. The fourth-order valence-electron chi connectivity index (χ4n) is 0.901. The molecule has 0 aliphatic heterocycles. The third-order valence-electron chi connectivity index (χ3n) is 1.58. The fourth-order valence-corrected chi connectivity index (χ4v) is 0.901. The molecule has 1 atom stereocenters. The first-order valence-corrected chi connectivity index (χ1v) is 4.14. The van der Waals surface area contributed by atoms with Gasteiger partial charge in [0.15, 0.2) is 0 Å². The van der Waals surface area contributed by atoms with Crippen molar-refractivity contribution in [3.05, 3.63) is 39.7 Å². The molecule has 0 bridgehead atoms. The van der Waals surface area contributed by atoms with E-state index >= 15 is 0 Å². The Labute approximate surface area is 85.5 Å². The van der Waals surface area contributed by atoms with Gasteiger partial charge >= 0.3 is 0 Å². The van der Waals surface area contributed by atoms with Crippen molar-refractivity contribution >= 4 is 5.69 Å². The first-order chi connectivity index (χ1) is 7.00. The molecule has 0 aliphatic carbocycles. The largest absolute Gasteiger partial charge is 0.381 e. The van der Waals surface area contributed by atoms with Crippen LogP contribution in [0.4, 0.5) is 10.1 Å². The van der Waals surface area contributed by atoms with Crippen LogP contribution < -0.4 is 0 Å². The maximum atomic E-state index is 13.2. The second-order valence-electron chi connectivity index (χ2n) is 2.87. The van der Waals surface area contributed by atoms with Crippen molar-refractivity contribution < 1.29 is 14.4 Å². The number of nitro benzene ring substituents is 1. The summed E-state index contributed by atoms with van der Waals surface area (Å²) in [5.41, 5.74) is -0.295. The van der Waals surface area contributed by atoms with Gasteiger partial charge in [0, 0.05) is 6.07 Å². The maximum absolute atomic E-state index is 13.2. The molecule has 1 N–H and O–H groups in total. The highest BCUT2D eigenvalue weighted by molar-refractivity contribution is 5.42. The normalized spacial score (nSPS) is 11.4. The van der Waals surface area contributed by atoms with Crippen molar-refractivity contribution in [3.63, 3.8) is 0 Å². The van der Waals surface area contributed by atoms with Crippen molar-refractivity contribution in [2.75, 3.05) is 0 Å². The first kappa shape index (κ1) is 11.1. The Kier molecular flexibility index (Phi) is 3.37. The molecule has 0 heterocycles. The highest BCUT2D eigenvalue weighted by Crippen LogP contribution is 2.15. The van der Waals surface area contributed by atoms with E-state index in [0.29, 0.717) is 0 Å². The number of hydrogen-bond donors (Lipinski definition) is 1. The number of aliphatic hydroxyl groups is 1. The Hall–Kier alpha value is -1.93. The lowest BCUT2D eigenvalue weighted by Crippen LogP contribution is -1.94. The van der Waals surface area contributed by atoms with Crippen LogP contribution in [-0.4, -0.2) is 16.1 Å². The van der Waals surface area contributed by atoms with Gasteiger partial charge in [-0.1, -0.05) is 11.8 Å². The number of halogens is 1. The summed E-state index contributed by atoms with van der Waals surface area (Å²) in [6.45, 7) is 1.44. The van der Waals surface area contributed by atoms with Crippen molar-refractivity contribution in [2.45, 2.75) is 13.0 Å². The Bertz CT molecular complexity index is 446. The van der Waals surface area contributed by atoms with Crippen LogP contribution in [0, 0.1) is 27.8 Å². The lowest BCUT2D eigenvalue weighted by Gasteiger charge is -1.95. The van der Waals surface area contributed by atoms with Crippen LogP contribution in [0.1, 0.15) is 12.5 Å². The molecular weight excluding hydrogens is 201 g/mol. The zero-order chi connectivity index (χ0) is 11.4. The van der Waals surface area contributed by atoms with Crippen molar-refractivity contribution in [3.8, 4) is 11.8 Å². The average molecular weight is 209 g/mol. The zero-order valence-electron chi connectivity index (χ0n) is 7.90. The molecule has 0 saturated carbocycles. The molecule has 0 saturated heterocycles. The van der Waals surface area contributed by atoms with Gasteiger partial charge in [0.25, 0.3) is 5.69 Å². The minimum Gasteiger partial charge on any atom is -0.381 e. The molecule has 0 aromatic heterocycles.